The van der Waals surface area contributed by atoms with E-state index in [-0.39, 0.29) is 23.0 Å². The zero-order chi connectivity index (χ0) is 16.0. The molecule has 0 aliphatic heterocycles. The first-order valence-electron chi connectivity index (χ1n) is 7.27. The third-order valence-corrected chi connectivity index (χ3v) is 3.92. The summed E-state index contributed by atoms with van der Waals surface area (Å²) < 4.78 is 1.26. The molecule has 6 heteroatoms. The van der Waals surface area contributed by atoms with Crippen LogP contribution in [-0.4, -0.2) is 4.57 Å². The zero-order valence-corrected chi connectivity index (χ0v) is 12.8. The van der Waals surface area contributed by atoms with Crippen molar-refractivity contribution in [3.05, 3.63) is 26.4 Å². The first-order valence-corrected chi connectivity index (χ1v) is 7.27. The molecule has 0 fully saturated rings. The van der Waals surface area contributed by atoms with Crippen LogP contribution in [0.5, 0.6) is 0 Å². The Morgan fingerprint density at radius 3 is 2.57 bits per heavy atom. The van der Waals surface area contributed by atoms with Gasteiger partial charge in [-0.05, 0) is 30.0 Å². The van der Waals surface area contributed by atoms with Crippen molar-refractivity contribution in [2.75, 3.05) is 5.73 Å². The van der Waals surface area contributed by atoms with Crippen LogP contribution in [0, 0.1) is 29.1 Å². The molecular formula is C15H22N4O2. The molecule has 6 nitrogen and oxygen atoms in total. The summed E-state index contributed by atoms with van der Waals surface area (Å²) in [6, 6.07) is 1.87. The summed E-state index contributed by atoms with van der Waals surface area (Å²) in [5.74, 6) is 0.197. The van der Waals surface area contributed by atoms with E-state index in [1.165, 1.54) is 4.57 Å². The van der Waals surface area contributed by atoms with Gasteiger partial charge in [0, 0.05) is 6.54 Å². The average molecular weight is 290 g/mol. The molecule has 0 amide bonds. The molecule has 114 valence electrons. The normalized spacial score (nSPS) is 11.9. The van der Waals surface area contributed by atoms with E-state index in [0.717, 1.165) is 25.7 Å². The molecule has 0 spiro atoms. The van der Waals surface area contributed by atoms with Gasteiger partial charge in [0.1, 0.15) is 11.6 Å². The summed E-state index contributed by atoms with van der Waals surface area (Å²) in [7, 11) is 0. The molecule has 2 N–H and O–H groups in total. The lowest BCUT2D eigenvalue weighted by atomic mass is 9.99. The van der Waals surface area contributed by atoms with E-state index in [2.05, 4.69) is 12.1 Å². The first kappa shape index (κ1) is 16.9. The molecule has 0 saturated heterocycles. The predicted molar refractivity (Wildman–Crippen MR) is 83.3 cm³/mol. The Bertz CT molecular complexity index is 614. The molecule has 0 aliphatic carbocycles. The molecule has 1 rings (SSSR count). The smallest absolute Gasteiger partial charge is 0.270 e. The SMILES string of the molecule is CCCCC(CC)Cn1c(N=O)c(N)c(C)c(C#N)c1=O. The number of pyridine rings is 1. The molecule has 0 aromatic carbocycles. The minimum Gasteiger partial charge on any atom is -0.395 e. The lowest BCUT2D eigenvalue weighted by Gasteiger charge is -2.19. The number of nitrogens with zero attached hydrogens (tertiary/aromatic N) is 3. The average Bonchev–Trinajstić information content (AvgIpc) is 2.49. The zero-order valence-electron chi connectivity index (χ0n) is 12.8. The fourth-order valence-corrected chi connectivity index (χ4v) is 2.41. The molecule has 1 aromatic heterocycles. The van der Waals surface area contributed by atoms with Gasteiger partial charge in [0.2, 0.25) is 5.82 Å². The highest BCUT2D eigenvalue weighted by Crippen LogP contribution is 2.27. The summed E-state index contributed by atoms with van der Waals surface area (Å²) in [6.45, 7) is 6.08. The van der Waals surface area contributed by atoms with Gasteiger partial charge in [-0.25, -0.2) is 0 Å². The quantitative estimate of drug-likeness (QED) is 0.779. The second-order valence-corrected chi connectivity index (χ2v) is 5.27. The summed E-state index contributed by atoms with van der Waals surface area (Å²) in [5, 5.41) is 12.0. The van der Waals surface area contributed by atoms with Gasteiger partial charge in [-0.1, -0.05) is 33.1 Å². The van der Waals surface area contributed by atoms with E-state index in [0.29, 0.717) is 12.1 Å². The third kappa shape index (κ3) is 3.48. The highest BCUT2D eigenvalue weighted by atomic mass is 16.3. The summed E-state index contributed by atoms with van der Waals surface area (Å²) >= 11 is 0. The van der Waals surface area contributed by atoms with Crippen LogP contribution in [-0.2, 0) is 6.54 Å². The number of nitroso groups, excluding NO2 is 1. The van der Waals surface area contributed by atoms with E-state index in [4.69, 9.17) is 11.0 Å². The van der Waals surface area contributed by atoms with Gasteiger partial charge in [0.05, 0.1) is 5.69 Å². The van der Waals surface area contributed by atoms with Crippen molar-refractivity contribution in [3.8, 4) is 6.07 Å². The second-order valence-electron chi connectivity index (χ2n) is 5.27. The second kappa shape index (κ2) is 7.58. The van der Waals surface area contributed by atoms with E-state index < -0.39 is 5.56 Å². The van der Waals surface area contributed by atoms with Gasteiger partial charge in [-0.2, -0.15) is 5.26 Å². The molecule has 0 radical (unpaired) electrons. The summed E-state index contributed by atoms with van der Waals surface area (Å²) in [6.07, 6.45) is 3.99. The minimum atomic E-state index is -0.478. The van der Waals surface area contributed by atoms with Gasteiger partial charge < -0.3 is 5.73 Å². The molecule has 21 heavy (non-hydrogen) atoms. The third-order valence-electron chi connectivity index (χ3n) is 3.92. The summed E-state index contributed by atoms with van der Waals surface area (Å²) in [5.41, 5.74) is 5.81. The van der Waals surface area contributed by atoms with Crippen molar-refractivity contribution in [1.82, 2.24) is 4.57 Å². The number of hydrogen-bond donors (Lipinski definition) is 1. The van der Waals surface area contributed by atoms with Crippen LogP contribution in [0.2, 0.25) is 0 Å². The first-order chi connectivity index (χ1) is 10.0. The molecule has 0 saturated carbocycles. The molecular weight excluding hydrogens is 268 g/mol. The Hall–Kier alpha value is -2.16. The Balaban J connectivity index is 3.34. The lowest BCUT2D eigenvalue weighted by molar-refractivity contribution is 0.387. The topological polar surface area (TPSA) is 101 Å². The Morgan fingerprint density at radius 2 is 2.10 bits per heavy atom. The van der Waals surface area contributed by atoms with Crippen LogP contribution in [0.4, 0.5) is 11.5 Å². The van der Waals surface area contributed by atoms with Crippen LogP contribution in [0.15, 0.2) is 9.97 Å². The van der Waals surface area contributed by atoms with E-state index >= 15 is 0 Å². The van der Waals surface area contributed by atoms with E-state index in [9.17, 15) is 9.70 Å². The number of hydrogen-bond acceptors (Lipinski definition) is 5. The van der Waals surface area contributed by atoms with Crippen LogP contribution in [0.3, 0.4) is 0 Å². The monoisotopic (exact) mass is 290 g/mol. The number of rotatable bonds is 7. The molecule has 0 aliphatic rings. The van der Waals surface area contributed by atoms with Crippen LogP contribution in [0.25, 0.3) is 0 Å². The van der Waals surface area contributed by atoms with Gasteiger partial charge in [0.25, 0.3) is 5.56 Å². The number of aromatic nitrogens is 1. The standard InChI is InChI=1S/C15H22N4O2/c1-4-6-7-11(5-2)9-19-14(18-21)13(17)10(3)12(8-16)15(19)20/h11H,4-7,9,17H2,1-3H3. The molecule has 1 atom stereocenters. The number of nitrogens with two attached hydrogens (primary N) is 1. The minimum absolute atomic E-state index is 0.00903. The van der Waals surface area contributed by atoms with Crippen molar-refractivity contribution in [2.24, 2.45) is 11.1 Å². The van der Waals surface area contributed by atoms with Crippen molar-refractivity contribution in [3.63, 3.8) is 0 Å². The lowest BCUT2D eigenvalue weighted by Crippen LogP contribution is -2.28. The molecule has 1 heterocycles. The van der Waals surface area contributed by atoms with E-state index in [1.807, 2.05) is 13.0 Å². The van der Waals surface area contributed by atoms with Gasteiger partial charge in [-0.3, -0.25) is 9.36 Å². The van der Waals surface area contributed by atoms with E-state index in [1.54, 1.807) is 6.92 Å². The number of nitrogen functional groups attached to an aromatic ring is 1. The highest BCUT2D eigenvalue weighted by Gasteiger charge is 2.20. The summed E-state index contributed by atoms with van der Waals surface area (Å²) in [4.78, 5) is 23.4. The van der Waals surface area contributed by atoms with Crippen LogP contribution >= 0.6 is 0 Å². The maximum absolute atomic E-state index is 12.4. The largest absolute Gasteiger partial charge is 0.395 e. The van der Waals surface area contributed by atoms with Crippen molar-refractivity contribution in [2.45, 2.75) is 53.0 Å². The Morgan fingerprint density at radius 1 is 1.43 bits per heavy atom. The van der Waals surface area contributed by atoms with Crippen molar-refractivity contribution in [1.29, 1.82) is 5.26 Å². The fourth-order valence-electron chi connectivity index (χ4n) is 2.41. The van der Waals surface area contributed by atoms with Crippen LogP contribution < -0.4 is 11.3 Å². The predicted octanol–water partition coefficient (Wildman–Crippen LogP) is 3.22. The molecule has 1 unspecified atom stereocenters. The van der Waals surface area contributed by atoms with Crippen LogP contribution in [0.1, 0.15) is 50.7 Å². The van der Waals surface area contributed by atoms with Gasteiger partial charge >= 0.3 is 0 Å². The number of anilines is 1. The number of unbranched alkanes of at least 4 members (excludes halogenated alkanes) is 1. The molecule has 0 bridgehead atoms. The highest BCUT2D eigenvalue weighted by molar-refractivity contribution is 5.66. The Labute approximate surface area is 124 Å². The molecule has 1 aromatic rings. The number of nitriles is 1. The maximum atomic E-state index is 12.4. The van der Waals surface area contributed by atoms with Crippen molar-refractivity contribution >= 4 is 11.5 Å². The van der Waals surface area contributed by atoms with Gasteiger partial charge in [-0.15, -0.1) is 4.91 Å². The van der Waals surface area contributed by atoms with Gasteiger partial charge in [0.15, 0.2) is 0 Å². The van der Waals surface area contributed by atoms with Crippen molar-refractivity contribution < 1.29 is 0 Å². The Kier molecular flexibility index (Phi) is 6.10. The maximum Gasteiger partial charge on any atom is 0.270 e. The fraction of sp³-hybridized carbons (Fsp3) is 0.600.